The van der Waals surface area contributed by atoms with E-state index in [0.29, 0.717) is 23.7 Å². The second-order valence-electron chi connectivity index (χ2n) is 7.35. The van der Waals surface area contributed by atoms with Crippen molar-refractivity contribution in [1.82, 2.24) is 9.97 Å². The molecule has 0 amide bonds. The molecule has 0 fully saturated rings. The van der Waals surface area contributed by atoms with E-state index in [-0.39, 0.29) is 11.6 Å². The highest BCUT2D eigenvalue weighted by Gasteiger charge is 2.38. The third-order valence-corrected chi connectivity index (χ3v) is 6.88. The molecule has 0 bridgehead atoms. The molecule has 0 radical (unpaired) electrons. The van der Waals surface area contributed by atoms with Crippen molar-refractivity contribution in [3.63, 3.8) is 0 Å². The predicted octanol–water partition coefficient (Wildman–Crippen LogP) is 4.11. The van der Waals surface area contributed by atoms with Gasteiger partial charge < -0.3 is 4.90 Å². The summed E-state index contributed by atoms with van der Waals surface area (Å²) in [5, 5.41) is 0. The normalized spacial score (nSPS) is 13.6. The lowest BCUT2D eigenvalue weighted by Crippen LogP contribution is -2.35. The van der Waals surface area contributed by atoms with Gasteiger partial charge in [0.25, 0.3) is 10.0 Å². The van der Waals surface area contributed by atoms with Crippen molar-refractivity contribution in [3.8, 4) is 0 Å². The number of fused-ring (bicyclic) bond motifs is 2. The van der Waals surface area contributed by atoms with Crippen LogP contribution in [-0.2, 0) is 16.6 Å². The number of anilines is 2. The van der Waals surface area contributed by atoms with E-state index in [1.54, 1.807) is 18.2 Å². The van der Waals surface area contributed by atoms with Crippen LogP contribution in [0.5, 0.6) is 0 Å². The van der Waals surface area contributed by atoms with E-state index in [4.69, 9.17) is 4.98 Å². The third kappa shape index (κ3) is 3.17. The van der Waals surface area contributed by atoms with Gasteiger partial charge >= 0.3 is 0 Å². The maximum absolute atomic E-state index is 13.5. The average Bonchev–Trinajstić information content (AvgIpc) is 3.11. The molecular formula is C23H20N4O2S. The number of aryl methyl sites for hydroxylation is 1. The van der Waals surface area contributed by atoms with Crippen molar-refractivity contribution in [2.75, 3.05) is 15.9 Å². The lowest BCUT2D eigenvalue weighted by Gasteiger charge is -2.21. The van der Waals surface area contributed by atoms with Gasteiger partial charge in [-0.05, 0) is 42.3 Å². The second-order valence-corrected chi connectivity index (χ2v) is 9.22. The largest absolute Gasteiger partial charge is 0.330 e. The van der Waals surface area contributed by atoms with Crippen LogP contribution < -0.4 is 9.21 Å². The van der Waals surface area contributed by atoms with E-state index in [2.05, 4.69) is 4.98 Å². The summed E-state index contributed by atoms with van der Waals surface area (Å²) < 4.78 is 28.4. The minimum absolute atomic E-state index is 0.164. The molecule has 1 aromatic heterocycles. The van der Waals surface area contributed by atoms with Gasteiger partial charge in [0, 0.05) is 6.54 Å². The Morgan fingerprint density at radius 2 is 1.50 bits per heavy atom. The van der Waals surface area contributed by atoms with Gasteiger partial charge in [-0.3, -0.25) is 0 Å². The summed E-state index contributed by atoms with van der Waals surface area (Å²) in [7, 11) is -3.78. The zero-order valence-electron chi connectivity index (χ0n) is 16.4. The van der Waals surface area contributed by atoms with Crippen molar-refractivity contribution in [3.05, 3.63) is 90.0 Å². The van der Waals surface area contributed by atoms with Crippen LogP contribution in [0.4, 0.5) is 11.6 Å². The van der Waals surface area contributed by atoms with Crippen LogP contribution in [0.2, 0.25) is 0 Å². The van der Waals surface area contributed by atoms with Gasteiger partial charge in [-0.2, -0.15) is 0 Å². The van der Waals surface area contributed by atoms with Crippen molar-refractivity contribution in [2.45, 2.75) is 18.4 Å². The van der Waals surface area contributed by atoms with Gasteiger partial charge in [-0.15, -0.1) is 0 Å². The number of hydrogen-bond acceptors (Lipinski definition) is 5. The lowest BCUT2D eigenvalue weighted by atomic mass is 10.2. The van der Waals surface area contributed by atoms with Gasteiger partial charge in [-0.1, -0.05) is 54.6 Å². The predicted molar refractivity (Wildman–Crippen MR) is 118 cm³/mol. The first-order chi connectivity index (χ1) is 14.5. The molecule has 0 atom stereocenters. The second kappa shape index (κ2) is 7.11. The van der Waals surface area contributed by atoms with Crippen LogP contribution >= 0.6 is 0 Å². The van der Waals surface area contributed by atoms with Crippen LogP contribution in [0.1, 0.15) is 11.1 Å². The maximum atomic E-state index is 13.5. The molecule has 6 nitrogen and oxygen atoms in total. The fraction of sp³-hybridized carbons (Fsp3) is 0.130. The van der Waals surface area contributed by atoms with Crippen LogP contribution in [0.3, 0.4) is 0 Å². The Morgan fingerprint density at radius 3 is 2.20 bits per heavy atom. The number of para-hydroxylation sites is 2. The molecule has 1 aliphatic heterocycles. The molecule has 7 heteroatoms. The van der Waals surface area contributed by atoms with Gasteiger partial charge in [0.2, 0.25) is 0 Å². The van der Waals surface area contributed by atoms with Crippen LogP contribution in [0, 0.1) is 6.92 Å². The summed E-state index contributed by atoms with van der Waals surface area (Å²) in [5.74, 6) is 0.944. The van der Waals surface area contributed by atoms with E-state index in [0.717, 1.165) is 16.6 Å². The quantitative estimate of drug-likeness (QED) is 0.501. The molecule has 2 heterocycles. The molecule has 0 N–H and O–H groups in total. The Hall–Kier alpha value is -3.45. The minimum Gasteiger partial charge on any atom is -0.330 e. The Labute approximate surface area is 175 Å². The topological polar surface area (TPSA) is 66.4 Å². The summed E-state index contributed by atoms with van der Waals surface area (Å²) in [6, 6.07) is 24.4. The molecule has 3 aromatic carbocycles. The van der Waals surface area contributed by atoms with Crippen molar-refractivity contribution >= 4 is 32.7 Å². The Bertz CT molecular complexity index is 1340. The monoisotopic (exact) mass is 416 g/mol. The number of aromatic nitrogens is 2. The molecule has 0 spiro atoms. The number of nitrogens with zero attached hydrogens (tertiary/aromatic N) is 4. The average molecular weight is 417 g/mol. The van der Waals surface area contributed by atoms with Gasteiger partial charge in [0.15, 0.2) is 11.6 Å². The molecule has 0 saturated carbocycles. The first-order valence-electron chi connectivity index (χ1n) is 9.67. The first-order valence-corrected chi connectivity index (χ1v) is 11.1. The van der Waals surface area contributed by atoms with Crippen molar-refractivity contribution < 1.29 is 8.42 Å². The Balaban J connectivity index is 1.64. The highest BCUT2D eigenvalue weighted by molar-refractivity contribution is 7.92. The van der Waals surface area contributed by atoms with E-state index in [1.165, 1.54) is 4.31 Å². The zero-order chi connectivity index (χ0) is 20.7. The number of rotatable bonds is 4. The van der Waals surface area contributed by atoms with Crippen molar-refractivity contribution in [1.29, 1.82) is 0 Å². The van der Waals surface area contributed by atoms with Crippen LogP contribution in [-0.4, -0.2) is 25.1 Å². The summed E-state index contributed by atoms with van der Waals surface area (Å²) in [6.07, 6.45) is 0. The molecule has 4 aromatic rings. The molecule has 30 heavy (non-hydrogen) atoms. The Morgan fingerprint density at radius 1 is 0.833 bits per heavy atom. The fourth-order valence-corrected chi connectivity index (χ4v) is 5.15. The maximum Gasteiger partial charge on any atom is 0.267 e. The molecule has 1 aliphatic rings. The molecule has 0 aliphatic carbocycles. The van der Waals surface area contributed by atoms with Gasteiger partial charge in [0.05, 0.1) is 15.9 Å². The third-order valence-electron chi connectivity index (χ3n) is 5.16. The van der Waals surface area contributed by atoms with Crippen LogP contribution in [0.15, 0.2) is 83.8 Å². The highest BCUT2D eigenvalue weighted by Crippen LogP contribution is 2.38. The molecule has 5 rings (SSSR count). The summed E-state index contributed by atoms with van der Waals surface area (Å²) in [6.45, 7) is 2.59. The Kier molecular flexibility index (Phi) is 4.40. The fourth-order valence-electron chi connectivity index (χ4n) is 3.67. The van der Waals surface area contributed by atoms with Crippen LogP contribution in [0.25, 0.3) is 11.0 Å². The number of sulfonamides is 1. The van der Waals surface area contributed by atoms with Crippen molar-refractivity contribution in [2.24, 2.45) is 0 Å². The van der Waals surface area contributed by atoms with Gasteiger partial charge in [-0.25, -0.2) is 22.7 Å². The lowest BCUT2D eigenvalue weighted by molar-refractivity contribution is 0.590. The zero-order valence-corrected chi connectivity index (χ0v) is 17.2. The van der Waals surface area contributed by atoms with E-state index < -0.39 is 10.0 Å². The summed E-state index contributed by atoms with van der Waals surface area (Å²) >= 11 is 0. The smallest absolute Gasteiger partial charge is 0.267 e. The van der Waals surface area contributed by atoms with Gasteiger partial charge in [0.1, 0.15) is 6.67 Å². The SMILES string of the molecule is Cc1cccc(S(=O)(=O)N2CN(Cc3ccccc3)c3nc4ccccc4nc32)c1. The highest BCUT2D eigenvalue weighted by atomic mass is 32.2. The molecule has 150 valence electrons. The first kappa shape index (κ1) is 18.6. The summed E-state index contributed by atoms with van der Waals surface area (Å²) in [4.78, 5) is 11.7. The number of hydrogen-bond donors (Lipinski definition) is 0. The number of benzene rings is 3. The van der Waals surface area contributed by atoms with E-state index in [9.17, 15) is 8.42 Å². The standard InChI is InChI=1S/C23H20N4O2S/c1-17-8-7-11-19(14-17)30(28,29)27-16-26(15-18-9-3-2-4-10-18)22-23(27)25-21-13-6-5-12-20(21)24-22/h2-14H,15-16H2,1H3. The van der Waals surface area contributed by atoms with E-state index >= 15 is 0 Å². The molecular weight excluding hydrogens is 396 g/mol. The molecule has 0 unspecified atom stereocenters. The summed E-state index contributed by atoms with van der Waals surface area (Å²) in [5.41, 5.74) is 3.38. The van der Waals surface area contributed by atoms with E-state index in [1.807, 2.05) is 72.5 Å². The minimum atomic E-state index is -3.78. The molecule has 0 saturated heterocycles.